The molecular weight excluding hydrogens is 259 g/mol. The molecule has 20 heavy (non-hydrogen) atoms. The van der Waals surface area contributed by atoms with E-state index >= 15 is 0 Å². The lowest BCUT2D eigenvalue weighted by molar-refractivity contribution is 0.228. The van der Waals surface area contributed by atoms with Gasteiger partial charge in [0.05, 0.1) is 6.54 Å². The molecule has 110 valence electrons. The van der Waals surface area contributed by atoms with Crippen molar-refractivity contribution >= 4 is 6.03 Å². The van der Waals surface area contributed by atoms with Crippen LogP contribution >= 0.6 is 0 Å². The molecule has 0 heterocycles. The topological polar surface area (TPSA) is 50.4 Å². The molecule has 1 fully saturated rings. The summed E-state index contributed by atoms with van der Waals surface area (Å²) in [5, 5.41) is 5.71. The Hall–Kier alpha value is -1.78. The van der Waals surface area contributed by atoms with Crippen molar-refractivity contribution in [2.75, 3.05) is 13.2 Å². The minimum absolute atomic E-state index is 0.153. The van der Waals surface area contributed by atoms with E-state index in [1.54, 1.807) is 12.1 Å². The molecule has 1 aliphatic carbocycles. The van der Waals surface area contributed by atoms with Crippen molar-refractivity contribution < 1.29 is 13.9 Å². The summed E-state index contributed by atoms with van der Waals surface area (Å²) in [6.07, 6.45) is 5.77. The standard InChI is InChI=1S/C15H21FN2O2/c16-12-5-4-8-14(11-12)20-10-9-17-15(19)18-13-6-2-1-3-7-13/h4-5,8,11,13H,1-3,6-7,9-10H2,(H2,17,18,19). The average molecular weight is 280 g/mol. The molecule has 1 aromatic carbocycles. The van der Waals surface area contributed by atoms with Crippen LogP contribution in [0, 0.1) is 5.82 Å². The molecule has 0 unspecified atom stereocenters. The zero-order chi connectivity index (χ0) is 14.2. The average Bonchev–Trinajstić information content (AvgIpc) is 2.45. The van der Waals surface area contributed by atoms with Crippen molar-refractivity contribution in [2.45, 2.75) is 38.1 Å². The number of carbonyl (C=O) groups is 1. The Labute approximate surface area is 118 Å². The number of amides is 2. The third-order valence-corrected chi connectivity index (χ3v) is 3.39. The van der Waals surface area contributed by atoms with E-state index in [0.29, 0.717) is 24.9 Å². The first kappa shape index (κ1) is 14.6. The van der Waals surface area contributed by atoms with Crippen LogP contribution in [0.15, 0.2) is 24.3 Å². The second-order valence-electron chi connectivity index (χ2n) is 5.04. The minimum Gasteiger partial charge on any atom is -0.492 e. The fourth-order valence-corrected chi connectivity index (χ4v) is 2.37. The Morgan fingerprint density at radius 3 is 2.85 bits per heavy atom. The summed E-state index contributed by atoms with van der Waals surface area (Å²) in [5.41, 5.74) is 0. The first-order chi connectivity index (χ1) is 9.74. The highest BCUT2D eigenvalue weighted by Crippen LogP contribution is 2.17. The molecule has 2 rings (SSSR count). The van der Waals surface area contributed by atoms with E-state index in [1.165, 1.54) is 31.4 Å². The molecule has 0 saturated heterocycles. The third kappa shape index (κ3) is 5.07. The largest absolute Gasteiger partial charge is 0.492 e. The minimum atomic E-state index is -0.328. The zero-order valence-electron chi connectivity index (χ0n) is 11.5. The van der Waals surface area contributed by atoms with Gasteiger partial charge >= 0.3 is 6.03 Å². The SMILES string of the molecule is O=C(NCCOc1cccc(F)c1)NC1CCCCC1. The van der Waals surface area contributed by atoms with Crippen LogP contribution in [0.2, 0.25) is 0 Å². The molecule has 5 heteroatoms. The van der Waals surface area contributed by atoms with Gasteiger partial charge in [0.25, 0.3) is 0 Å². The number of halogens is 1. The van der Waals surface area contributed by atoms with E-state index in [2.05, 4.69) is 10.6 Å². The van der Waals surface area contributed by atoms with Crippen LogP contribution in [0.5, 0.6) is 5.75 Å². The molecular formula is C15H21FN2O2. The van der Waals surface area contributed by atoms with Gasteiger partial charge < -0.3 is 15.4 Å². The van der Waals surface area contributed by atoms with E-state index in [1.807, 2.05) is 0 Å². The molecule has 1 aliphatic rings. The molecule has 4 nitrogen and oxygen atoms in total. The Morgan fingerprint density at radius 2 is 2.10 bits per heavy atom. The molecule has 0 atom stereocenters. The highest BCUT2D eigenvalue weighted by Gasteiger charge is 2.14. The summed E-state index contributed by atoms with van der Waals surface area (Å²) in [6.45, 7) is 0.719. The van der Waals surface area contributed by atoms with Gasteiger partial charge in [0.15, 0.2) is 0 Å². The van der Waals surface area contributed by atoms with Crippen LogP contribution in [0.1, 0.15) is 32.1 Å². The summed E-state index contributed by atoms with van der Waals surface area (Å²) in [4.78, 5) is 11.6. The lowest BCUT2D eigenvalue weighted by Crippen LogP contribution is -2.44. The van der Waals surface area contributed by atoms with Gasteiger partial charge in [-0.25, -0.2) is 9.18 Å². The maximum Gasteiger partial charge on any atom is 0.315 e. The van der Waals surface area contributed by atoms with Crippen LogP contribution in [-0.4, -0.2) is 25.2 Å². The zero-order valence-corrected chi connectivity index (χ0v) is 11.5. The fraction of sp³-hybridized carbons (Fsp3) is 0.533. The fourth-order valence-electron chi connectivity index (χ4n) is 2.37. The van der Waals surface area contributed by atoms with E-state index < -0.39 is 0 Å². The molecule has 0 aliphatic heterocycles. The predicted octanol–water partition coefficient (Wildman–Crippen LogP) is 2.84. The molecule has 0 bridgehead atoms. The number of carbonyl (C=O) groups excluding carboxylic acids is 1. The number of nitrogens with one attached hydrogen (secondary N) is 2. The van der Waals surface area contributed by atoms with Crippen LogP contribution in [0.3, 0.4) is 0 Å². The molecule has 2 N–H and O–H groups in total. The molecule has 0 aromatic heterocycles. The number of rotatable bonds is 5. The van der Waals surface area contributed by atoms with E-state index in [9.17, 15) is 9.18 Å². The van der Waals surface area contributed by atoms with E-state index in [0.717, 1.165) is 12.8 Å². The second-order valence-corrected chi connectivity index (χ2v) is 5.04. The molecule has 0 radical (unpaired) electrons. The molecule has 1 saturated carbocycles. The summed E-state index contributed by atoms with van der Waals surface area (Å²) < 4.78 is 18.3. The Morgan fingerprint density at radius 1 is 1.30 bits per heavy atom. The van der Waals surface area contributed by atoms with Gasteiger partial charge in [0.1, 0.15) is 18.2 Å². The lowest BCUT2D eigenvalue weighted by atomic mass is 9.96. The third-order valence-electron chi connectivity index (χ3n) is 3.39. The summed E-state index contributed by atoms with van der Waals surface area (Å²) in [6, 6.07) is 6.11. The Bertz CT molecular complexity index is 434. The van der Waals surface area contributed by atoms with E-state index in [-0.39, 0.29) is 11.8 Å². The Kier molecular flexibility index (Phi) is 5.65. The van der Waals surface area contributed by atoms with Crippen molar-refractivity contribution in [1.82, 2.24) is 10.6 Å². The first-order valence-electron chi connectivity index (χ1n) is 7.17. The van der Waals surface area contributed by atoms with Gasteiger partial charge in [-0.3, -0.25) is 0 Å². The van der Waals surface area contributed by atoms with E-state index in [4.69, 9.17) is 4.74 Å². The van der Waals surface area contributed by atoms with Crippen molar-refractivity contribution in [3.8, 4) is 5.75 Å². The van der Waals surface area contributed by atoms with Crippen molar-refractivity contribution in [2.24, 2.45) is 0 Å². The predicted molar refractivity (Wildman–Crippen MR) is 75.3 cm³/mol. The first-order valence-corrected chi connectivity index (χ1v) is 7.17. The number of benzene rings is 1. The van der Waals surface area contributed by atoms with Crippen LogP contribution in [0.4, 0.5) is 9.18 Å². The Balaban J connectivity index is 1.59. The number of urea groups is 1. The second kappa shape index (κ2) is 7.72. The highest BCUT2D eigenvalue weighted by molar-refractivity contribution is 5.74. The van der Waals surface area contributed by atoms with Gasteiger partial charge in [-0.05, 0) is 25.0 Å². The highest BCUT2D eigenvalue weighted by atomic mass is 19.1. The normalized spacial score (nSPS) is 15.7. The van der Waals surface area contributed by atoms with Gasteiger partial charge in [-0.15, -0.1) is 0 Å². The monoisotopic (exact) mass is 280 g/mol. The lowest BCUT2D eigenvalue weighted by Gasteiger charge is -2.22. The summed E-state index contributed by atoms with van der Waals surface area (Å²) >= 11 is 0. The molecule has 0 spiro atoms. The summed E-state index contributed by atoms with van der Waals surface area (Å²) in [5.74, 6) is 0.144. The number of ether oxygens (including phenoxy) is 1. The van der Waals surface area contributed by atoms with Crippen molar-refractivity contribution in [3.05, 3.63) is 30.1 Å². The number of hydrogen-bond donors (Lipinski definition) is 2. The summed E-state index contributed by atoms with van der Waals surface area (Å²) in [7, 11) is 0. The quantitative estimate of drug-likeness (QED) is 0.815. The van der Waals surface area contributed by atoms with Gasteiger partial charge in [-0.2, -0.15) is 0 Å². The van der Waals surface area contributed by atoms with Crippen molar-refractivity contribution in [3.63, 3.8) is 0 Å². The number of hydrogen-bond acceptors (Lipinski definition) is 2. The van der Waals surface area contributed by atoms with Crippen LogP contribution in [-0.2, 0) is 0 Å². The maximum absolute atomic E-state index is 12.9. The molecule has 2 amide bonds. The van der Waals surface area contributed by atoms with Gasteiger partial charge in [0, 0.05) is 12.1 Å². The van der Waals surface area contributed by atoms with Crippen molar-refractivity contribution in [1.29, 1.82) is 0 Å². The molecule has 1 aromatic rings. The smallest absolute Gasteiger partial charge is 0.315 e. The van der Waals surface area contributed by atoms with Gasteiger partial charge in [0.2, 0.25) is 0 Å². The van der Waals surface area contributed by atoms with Crippen LogP contribution < -0.4 is 15.4 Å². The van der Waals surface area contributed by atoms with Crippen LogP contribution in [0.25, 0.3) is 0 Å². The maximum atomic E-state index is 12.9. The van der Waals surface area contributed by atoms with Gasteiger partial charge in [-0.1, -0.05) is 25.3 Å².